The predicted octanol–water partition coefficient (Wildman–Crippen LogP) is 3.93. The number of para-hydroxylation sites is 2. The second-order valence-electron chi connectivity index (χ2n) is 9.51. The van der Waals surface area contributed by atoms with Gasteiger partial charge < -0.3 is 19.1 Å². The van der Waals surface area contributed by atoms with E-state index in [0.29, 0.717) is 18.3 Å². The van der Waals surface area contributed by atoms with E-state index in [-0.39, 0.29) is 5.56 Å². The third-order valence-electron chi connectivity index (χ3n) is 7.39. The number of hydrogen-bond donors (Lipinski definition) is 1. The first-order valence-electron chi connectivity index (χ1n) is 12.7. The number of benzene rings is 2. The monoisotopic (exact) mass is 477 g/mol. The molecule has 5 rings (SSSR count). The van der Waals surface area contributed by atoms with Crippen LogP contribution in [0.25, 0.3) is 10.9 Å². The van der Waals surface area contributed by atoms with Gasteiger partial charge in [-0.2, -0.15) is 0 Å². The number of fused-ring (bicyclic) bond motifs is 1. The summed E-state index contributed by atoms with van der Waals surface area (Å²) in [5, 5.41) is 10.7. The van der Waals surface area contributed by atoms with E-state index in [9.17, 15) is 9.90 Å². The Hall–Kier alpha value is -2.87. The van der Waals surface area contributed by atoms with E-state index in [2.05, 4.69) is 44.8 Å². The summed E-state index contributed by atoms with van der Waals surface area (Å²) < 4.78 is 13.7. The predicted molar refractivity (Wildman–Crippen MR) is 137 cm³/mol. The van der Waals surface area contributed by atoms with Crippen molar-refractivity contribution in [3.8, 4) is 5.75 Å². The Bertz CT molecular complexity index is 1130. The Labute approximate surface area is 206 Å². The minimum atomic E-state index is -0.953. The van der Waals surface area contributed by atoms with Gasteiger partial charge in [-0.15, -0.1) is 0 Å². The molecule has 0 radical (unpaired) electrons. The first-order valence-corrected chi connectivity index (χ1v) is 12.7. The minimum absolute atomic E-state index is 0.219. The molecule has 0 aliphatic carbocycles. The quantitative estimate of drug-likeness (QED) is 0.504. The van der Waals surface area contributed by atoms with Crippen molar-refractivity contribution in [1.82, 2.24) is 14.4 Å². The Balaban J connectivity index is 1.17. The van der Waals surface area contributed by atoms with Crippen molar-refractivity contribution in [1.29, 1.82) is 0 Å². The van der Waals surface area contributed by atoms with Crippen molar-refractivity contribution in [3.63, 3.8) is 0 Å². The van der Waals surface area contributed by atoms with Gasteiger partial charge in [0.2, 0.25) is 0 Å². The van der Waals surface area contributed by atoms with Gasteiger partial charge in [0, 0.05) is 49.8 Å². The van der Waals surface area contributed by atoms with Crippen LogP contribution in [0.2, 0.25) is 0 Å². The number of carboxylic acid groups (broad SMARTS) is 1. The molecule has 35 heavy (non-hydrogen) atoms. The lowest BCUT2D eigenvalue weighted by Gasteiger charge is -2.31. The highest BCUT2D eigenvalue weighted by Crippen LogP contribution is 2.34. The van der Waals surface area contributed by atoms with Gasteiger partial charge in [-0.05, 0) is 55.6 Å². The SMILES string of the molecule is O=C(O)c1ccccc1OCCN1CCC(c2cn(CCN3CCOCC3)c3ccccc23)CC1. The average molecular weight is 478 g/mol. The summed E-state index contributed by atoms with van der Waals surface area (Å²) in [6, 6.07) is 15.7. The summed E-state index contributed by atoms with van der Waals surface area (Å²) in [6.45, 7) is 9.16. The zero-order chi connectivity index (χ0) is 24.0. The van der Waals surface area contributed by atoms with Crippen molar-refractivity contribution in [2.45, 2.75) is 25.3 Å². The maximum Gasteiger partial charge on any atom is 0.339 e. The van der Waals surface area contributed by atoms with Crippen LogP contribution in [-0.2, 0) is 11.3 Å². The zero-order valence-corrected chi connectivity index (χ0v) is 20.3. The Morgan fingerprint density at radius 2 is 1.63 bits per heavy atom. The van der Waals surface area contributed by atoms with E-state index < -0.39 is 5.97 Å². The molecular formula is C28H35N3O4. The molecule has 186 valence electrons. The molecule has 0 atom stereocenters. The highest BCUT2D eigenvalue weighted by atomic mass is 16.5. The molecule has 2 aliphatic rings. The number of hydrogen-bond acceptors (Lipinski definition) is 5. The number of rotatable bonds is 9. The van der Waals surface area contributed by atoms with Gasteiger partial charge in [-0.1, -0.05) is 30.3 Å². The van der Waals surface area contributed by atoms with Crippen molar-refractivity contribution in [2.24, 2.45) is 0 Å². The summed E-state index contributed by atoms with van der Waals surface area (Å²) in [5.74, 6) is 0.0553. The van der Waals surface area contributed by atoms with Crippen molar-refractivity contribution >= 4 is 16.9 Å². The zero-order valence-electron chi connectivity index (χ0n) is 20.3. The van der Waals surface area contributed by atoms with Crippen LogP contribution in [0.4, 0.5) is 0 Å². The highest BCUT2D eigenvalue weighted by Gasteiger charge is 2.24. The number of likely N-dealkylation sites (tertiary alicyclic amines) is 1. The van der Waals surface area contributed by atoms with E-state index in [1.54, 1.807) is 18.2 Å². The van der Waals surface area contributed by atoms with Gasteiger partial charge in [-0.25, -0.2) is 4.79 Å². The molecule has 2 fully saturated rings. The molecule has 0 spiro atoms. The van der Waals surface area contributed by atoms with Crippen LogP contribution >= 0.6 is 0 Å². The van der Waals surface area contributed by atoms with Gasteiger partial charge in [-0.3, -0.25) is 9.80 Å². The maximum absolute atomic E-state index is 11.4. The third-order valence-corrected chi connectivity index (χ3v) is 7.39. The third kappa shape index (κ3) is 5.69. The number of ether oxygens (including phenoxy) is 2. The fourth-order valence-electron chi connectivity index (χ4n) is 5.38. The first-order chi connectivity index (χ1) is 17.2. The molecule has 2 saturated heterocycles. The molecule has 0 bridgehead atoms. The topological polar surface area (TPSA) is 67.2 Å². The molecular weight excluding hydrogens is 442 g/mol. The summed E-state index contributed by atoms with van der Waals surface area (Å²) in [5.41, 5.74) is 3.04. The van der Waals surface area contributed by atoms with Gasteiger partial charge >= 0.3 is 5.97 Å². The van der Waals surface area contributed by atoms with Crippen LogP contribution < -0.4 is 4.74 Å². The standard InChI is InChI=1S/C28H35N3O4/c32-28(33)24-6-2-4-8-27(24)35-20-17-29-11-9-22(10-12-29)25-21-31(26-7-3-1-5-23(25)26)14-13-30-15-18-34-19-16-30/h1-8,21-22H,9-20H2,(H,32,33). The molecule has 0 amide bonds. The molecule has 0 saturated carbocycles. The minimum Gasteiger partial charge on any atom is -0.491 e. The Morgan fingerprint density at radius 1 is 0.914 bits per heavy atom. The average Bonchev–Trinajstić information content (AvgIpc) is 3.27. The largest absolute Gasteiger partial charge is 0.491 e. The van der Waals surface area contributed by atoms with Gasteiger partial charge in [0.1, 0.15) is 17.9 Å². The van der Waals surface area contributed by atoms with Crippen LogP contribution in [-0.4, -0.2) is 84.5 Å². The van der Waals surface area contributed by atoms with E-state index in [0.717, 1.165) is 71.9 Å². The number of piperidine rings is 1. The van der Waals surface area contributed by atoms with Crippen molar-refractivity contribution in [3.05, 3.63) is 65.9 Å². The van der Waals surface area contributed by atoms with E-state index in [1.165, 1.54) is 16.5 Å². The van der Waals surface area contributed by atoms with E-state index in [4.69, 9.17) is 9.47 Å². The maximum atomic E-state index is 11.4. The van der Waals surface area contributed by atoms with Crippen LogP contribution in [0, 0.1) is 0 Å². The molecule has 2 aliphatic heterocycles. The molecule has 7 heteroatoms. The Morgan fingerprint density at radius 3 is 2.43 bits per heavy atom. The first kappa shape index (κ1) is 23.9. The van der Waals surface area contributed by atoms with Crippen LogP contribution in [0.1, 0.15) is 34.7 Å². The van der Waals surface area contributed by atoms with Gasteiger partial charge in [0.05, 0.1) is 13.2 Å². The lowest BCUT2D eigenvalue weighted by molar-refractivity contribution is 0.0365. The van der Waals surface area contributed by atoms with Crippen LogP contribution in [0.3, 0.4) is 0 Å². The van der Waals surface area contributed by atoms with E-state index in [1.807, 2.05) is 6.07 Å². The smallest absolute Gasteiger partial charge is 0.339 e. The van der Waals surface area contributed by atoms with Crippen LogP contribution in [0.5, 0.6) is 5.75 Å². The molecule has 3 aromatic rings. The van der Waals surface area contributed by atoms with Gasteiger partial charge in [0.25, 0.3) is 0 Å². The molecule has 1 N–H and O–H groups in total. The lowest BCUT2D eigenvalue weighted by Crippen LogP contribution is -2.38. The summed E-state index contributed by atoms with van der Waals surface area (Å²) in [4.78, 5) is 16.3. The normalized spacial score (nSPS) is 18.2. The number of carbonyl (C=O) groups is 1. The number of aromatic nitrogens is 1. The number of carboxylic acids is 1. The van der Waals surface area contributed by atoms with E-state index >= 15 is 0 Å². The molecule has 2 aromatic carbocycles. The number of morpholine rings is 1. The Kier molecular flexibility index (Phi) is 7.66. The van der Waals surface area contributed by atoms with Crippen molar-refractivity contribution in [2.75, 3.05) is 59.1 Å². The summed E-state index contributed by atoms with van der Waals surface area (Å²) >= 11 is 0. The molecule has 1 aromatic heterocycles. The fourth-order valence-corrected chi connectivity index (χ4v) is 5.38. The number of aromatic carboxylic acids is 1. The molecule has 7 nitrogen and oxygen atoms in total. The second-order valence-corrected chi connectivity index (χ2v) is 9.51. The second kappa shape index (κ2) is 11.2. The van der Waals surface area contributed by atoms with Crippen molar-refractivity contribution < 1.29 is 19.4 Å². The lowest BCUT2D eigenvalue weighted by atomic mass is 9.89. The molecule has 0 unspecified atom stereocenters. The summed E-state index contributed by atoms with van der Waals surface area (Å²) in [7, 11) is 0. The fraction of sp³-hybridized carbons (Fsp3) is 0.464. The van der Waals surface area contributed by atoms with Crippen LogP contribution in [0.15, 0.2) is 54.7 Å². The molecule has 3 heterocycles. The number of nitrogens with zero attached hydrogens (tertiary/aromatic N) is 3. The summed E-state index contributed by atoms with van der Waals surface area (Å²) in [6.07, 6.45) is 4.66. The van der Waals surface area contributed by atoms with Gasteiger partial charge in [0.15, 0.2) is 0 Å². The highest BCUT2D eigenvalue weighted by molar-refractivity contribution is 5.90.